The number of guanidine groups is 1. The van der Waals surface area contributed by atoms with Gasteiger partial charge in [0.15, 0.2) is 5.96 Å². The van der Waals surface area contributed by atoms with E-state index in [1.54, 1.807) is 7.05 Å². The largest absolute Gasteiger partial charge is 0.357 e. The van der Waals surface area contributed by atoms with E-state index >= 15 is 0 Å². The molecular weight excluding hydrogens is 360 g/mol. The molecular formula is C24H32N4O. The van der Waals surface area contributed by atoms with Gasteiger partial charge in [0.2, 0.25) is 0 Å². The van der Waals surface area contributed by atoms with Crippen LogP contribution >= 0.6 is 0 Å². The zero-order valence-corrected chi connectivity index (χ0v) is 17.5. The van der Waals surface area contributed by atoms with Crippen molar-refractivity contribution in [3.63, 3.8) is 0 Å². The summed E-state index contributed by atoms with van der Waals surface area (Å²) in [5.41, 5.74) is 3.35. The number of aliphatic imine (C=N–C) groups is 1. The van der Waals surface area contributed by atoms with Gasteiger partial charge in [-0.25, -0.2) is 4.99 Å². The molecule has 154 valence electrons. The fourth-order valence-corrected chi connectivity index (χ4v) is 4.08. The van der Waals surface area contributed by atoms with Crippen molar-refractivity contribution in [1.29, 1.82) is 0 Å². The van der Waals surface area contributed by atoms with Gasteiger partial charge >= 0.3 is 0 Å². The highest BCUT2D eigenvalue weighted by Crippen LogP contribution is 2.40. The van der Waals surface area contributed by atoms with Crippen LogP contribution < -0.4 is 16.0 Å². The van der Waals surface area contributed by atoms with E-state index in [1.807, 2.05) is 24.3 Å². The van der Waals surface area contributed by atoms with Crippen LogP contribution in [0, 0.1) is 0 Å². The fourth-order valence-electron chi connectivity index (χ4n) is 4.08. The average Bonchev–Trinajstić information content (AvgIpc) is 3.26. The second kappa shape index (κ2) is 10.1. The summed E-state index contributed by atoms with van der Waals surface area (Å²) in [7, 11) is 1.64. The van der Waals surface area contributed by atoms with E-state index in [2.05, 4.69) is 53.2 Å². The Hall–Kier alpha value is -2.82. The number of rotatable bonds is 7. The Morgan fingerprint density at radius 3 is 2.31 bits per heavy atom. The van der Waals surface area contributed by atoms with Crippen LogP contribution in [0.25, 0.3) is 0 Å². The zero-order chi connectivity index (χ0) is 20.5. The van der Waals surface area contributed by atoms with E-state index in [0.29, 0.717) is 12.1 Å². The molecule has 5 heteroatoms. The molecule has 1 amide bonds. The highest BCUT2D eigenvalue weighted by molar-refractivity contribution is 5.93. The number of hydrogen-bond donors (Lipinski definition) is 3. The standard InChI is InChI=1S/C24H32N4O/c1-3-26-23(27-17-19-11-13-20(14-12-19)22(29)25-2)28-18-24(15-7-8-16-24)21-9-5-4-6-10-21/h4-6,9-14H,3,7-8,15-18H2,1-2H3,(H,25,29)(H2,26,27,28). The van der Waals surface area contributed by atoms with Crippen LogP contribution in [0.4, 0.5) is 0 Å². The van der Waals surface area contributed by atoms with Crippen molar-refractivity contribution in [2.45, 2.75) is 44.6 Å². The lowest BCUT2D eigenvalue weighted by atomic mass is 9.79. The van der Waals surface area contributed by atoms with Crippen LogP contribution in [0.1, 0.15) is 54.1 Å². The van der Waals surface area contributed by atoms with Crippen molar-refractivity contribution < 1.29 is 4.79 Å². The van der Waals surface area contributed by atoms with Crippen LogP contribution in [0.15, 0.2) is 59.6 Å². The van der Waals surface area contributed by atoms with Crippen molar-refractivity contribution >= 4 is 11.9 Å². The molecule has 0 heterocycles. The van der Waals surface area contributed by atoms with E-state index in [-0.39, 0.29) is 11.3 Å². The predicted molar refractivity (Wildman–Crippen MR) is 119 cm³/mol. The number of nitrogens with one attached hydrogen (secondary N) is 3. The minimum absolute atomic E-state index is 0.0715. The Morgan fingerprint density at radius 1 is 1.00 bits per heavy atom. The van der Waals surface area contributed by atoms with Crippen molar-refractivity contribution in [3.8, 4) is 0 Å². The quantitative estimate of drug-likeness (QED) is 0.498. The van der Waals surface area contributed by atoms with Crippen molar-refractivity contribution in [2.24, 2.45) is 4.99 Å². The third-order valence-electron chi connectivity index (χ3n) is 5.75. The molecule has 3 N–H and O–H groups in total. The summed E-state index contributed by atoms with van der Waals surface area (Å²) in [4.78, 5) is 16.4. The SMILES string of the molecule is CCNC(=NCc1ccc(C(=O)NC)cc1)NCC1(c2ccccc2)CCCC1. The molecule has 2 aromatic rings. The molecule has 0 radical (unpaired) electrons. The maximum absolute atomic E-state index is 11.7. The molecule has 0 saturated heterocycles. The van der Waals surface area contributed by atoms with E-state index in [1.165, 1.54) is 31.2 Å². The average molecular weight is 393 g/mol. The lowest BCUT2D eigenvalue weighted by Crippen LogP contribution is -2.44. The molecule has 0 atom stereocenters. The molecule has 0 bridgehead atoms. The molecule has 0 aromatic heterocycles. The van der Waals surface area contributed by atoms with Gasteiger partial charge in [-0.1, -0.05) is 55.3 Å². The second-order valence-corrected chi connectivity index (χ2v) is 7.68. The predicted octanol–water partition coefficient (Wildman–Crippen LogP) is 3.61. The zero-order valence-electron chi connectivity index (χ0n) is 17.5. The molecule has 5 nitrogen and oxygen atoms in total. The summed E-state index contributed by atoms with van der Waals surface area (Å²) in [6.07, 6.45) is 4.98. The maximum atomic E-state index is 11.7. The van der Waals surface area contributed by atoms with Gasteiger partial charge in [0, 0.05) is 31.1 Å². The molecule has 1 aliphatic carbocycles. The van der Waals surface area contributed by atoms with Gasteiger partial charge in [0.05, 0.1) is 6.54 Å². The third kappa shape index (κ3) is 5.37. The number of nitrogens with zero attached hydrogens (tertiary/aromatic N) is 1. The minimum Gasteiger partial charge on any atom is -0.357 e. The van der Waals surface area contributed by atoms with Crippen LogP contribution in [0.2, 0.25) is 0 Å². The van der Waals surface area contributed by atoms with Gasteiger partial charge in [-0.2, -0.15) is 0 Å². The van der Waals surface area contributed by atoms with Crippen LogP contribution in [-0.4, -0.2) is 32.0 Å². The summed E-state index contributed by atoms with van der Waals surface area (Å²) in [5, 5.41) is 9.59. The van der Waals surface area contributed by atoms with Crippen LogP contribution in [-0.2, 0) is 12.0 Å². The van der Waals surface area contributed by atoms with Crippen LogP contribution in [0.5, 0.6) is 0 Å². The number of carbonyl (C=O) groups excluding carboxylic acids is 1. The lowest BCUT2D eigenvalue weighted by molar-refractivity contribution is 0.0963. The summed E-state index contributed by atoms with van der Waals surface area (Å²) in [5.74, 6) is 0.767. The van der Waals surface area contributed by atoms with Gasteiger partial charge < -0.3 is 16.0 Å². The molecule has 29 heavy (non-hydrogen) atoms. The van der Waals surface area contributed by atoms with E-state index < -0.39 is 0 Å². The van der Waals surface area contributed by atoms with Gasteiger partial charge in [-0.05, 0) is 43.0 Å². The third-order valence-corrected chi connectivity index (χ3v) is 5.75. The van der Waals surface area contributed by atoms with Gasteiger partial charge in [-0.15, -0.1) is 0 Å². The van der Waals surface area contributed by atoms with Gasteiger partial charge in [0.1, 0.15) is 0 Å². The summed E-state index contributed by atoms with van der Waals surface area (Å²) < 4.78 is 0. The molecule has 0 aliphatic heterocycles. The van der Waals surface area contributed by atoms with E-state index in [4.69, 9.17) is 4.99 Å². The first-order valence-electron chi connectivity index (χ1n) is 10.6. The lowest BCUT2D eigenvalue weighted by Gasteiger charge is -2.30. The monoisotopic (exact) mass is 392 g/mol. The Bertz CT molecular complexity index is 809. The second-order valence-electron chi connectivity index (χ2n) is 7.68. The molecule has 1 saturated carbocycles. The topological polar surface area (TPSA) is 65.5 Å². The highest BCUT2D eigenvalue weighted by Gasteiger charge is 2.35. The van der Waals surface area contributed by atoms with Crippen molar-refractivity contribution in [3.05, 3.63) is 71.3 Å². The fraction of sp³-hybridized carbons (Fsp3) is 0.417. The Labute approximate surface area is 174 Å². The van der Waals surface area contributed by atoms with Crippen molar-refractivity contribution in [1.82, 2.24) is 16.0 Å². The van der Waals surface area contributed by atoms with Gasteiger partial charge in [0.25, 0.3) is 5.91 Å². The Morgan fingerprint density at radius 2 is 1.69 bits per heavy atom. The number of hydrogen-bond acceptors (Lipinski definition) is 2. The smallest absolute Gasteiger partial charge is 0.251 e. The first-order valence-corrected chi connectivity index (χ1v) is 10.6. The summed E-state index contributed by atoms with van der Waals surface area (Å²) >= 11 is 0. The molecule has 1 aliphatic rings. The number of amides is 1. The molecule has 0 spiro atoms. The Kier molecular flexibility index (Phi) is 7.28. The normalized spacial score (nSPS) is 15.7. The summed E-state index contributed by atoms with van der Waals surface area (Å²) in [6, 6.07) is 18.5. The maximum Gasteiger partial charge on any atom is 0.251 e. The van der Waals surface area contributed by atoms with Crippen LogP contribution in [0.3, 0.4) is 0 Å². The van der Waals surface area contributed by atoms with Gasteiger partial charge in [-0.3, -0.25) is 4.79 Å². The Balaban J connectivity index is 1.67. The highest BCUT2D eigenvalue weighted by atomic mass is 16.1. The molecule has 2 aromatic carbocycles. The number of benzene rings is 2. The molecule has 0 unspecified atom stereocenters. The van der Waals surface area contributed by atoms with Crippen molar-refractivity contribution in [2.75, 3.05) is 20.1 Å². The minimum atomic E-state index is -0.0715. The van der Waals surface area contributed by atoms with E-state index in [0.717, 1.165) is 24.6 Å². The van der Waals surface area contributed by atoms with E-state index in [9.17, 15) is 4.79 Å². The first-order chi connectivity index (χ1) is 14.2. The first kappa shape index (κ1) is 20.9. The number of carbonyl (C=O) groups is 1. The molecule has 1 fully saturated rings. The molecule has 3 rings (SSSR count). The summed E-state index contributed by atoms with van der Waals surface area (Å²) in [6.45, 7) is 4.36.